The van der Waals surface area contributed by atoms with Gasteiger partial charge in [0.15, 0.2) is 0 Å². The molecule has 13 heavy (non-hydrogen) atoms. The normalized spacial score (nSPS) is 10.1. The van der Waals surface area contributed by atoms with Crippen LogP contribution in [0.2, 0.25) is 0 Å². The van der Waals surface area contributed by atoms with Crippen LogP contribution in [0.5, 0.6) is 0 Å². The van der Waals surface area contributed by atoms with E-state index in [0.717, 1.165) is 11.1 Å². The molecule has 0 aliphatic rings. The molecule has 0 fully saturated rings. The first-order valence-electron chi connectivity index (χ1n) is 4.01. The largest absolute Gasteiger partial charge is 0.326 e. The van der Waals surface area contributed by atoms with Crippen LogP contribution in [-0.4, -0.2) is 4.92 Å². The molecule has 0 saturated carbocycles. The van der Waals surface area contributed by atoms with Gasteiger partial charge in [-0.3, -0.25) is 10.1 Å². The van der Waals surface area contributed by atoms with Crippen LogP contribution in [0.15, 0.2) is 12.1 Å². The molecule has 0 heterocycles. The molecule has 4 heteroatoms. The standard InChI is InChI=1S/C9H12N2O2/c1-6-3-4-9(11(12)13)7(2)8(6)5-10/h3-4H,5,10H2,1-2H3. The lowest BCUT2D eigenvalue weighted by molar-refractivity contribution is -0.385. The molecular weight excluding hydrogens is 168 g/mol. The molecule has 1 aromatic carbocycles. The summed E-state index contributed by atoms with van der Waals surface area (Å²) in [6, 6.07) is 3.25. The topological polar surface area (TPSA) is 69.2 Å². The van der Waals surface area contributed by atoms with Gasteiger partial charge in [-0.2, -0.15) is 0 Å². The third-order valence-electron chi connectivity index (χ3n) is 2.20. The van der Waals surface area contributed by atoms with Crippen molar-refractivity contribution in [2.45, 2.75) is 20.4 Å². The van der Waals surface area contributed by atoms with Crippen molar-refractivity contribution < 1.29 is 4.92 Å². The average molecular weight is 180 g/mol. The Morgan fingerprint density at radius 3 is 2.54 bits per heavy atom. The number of hydrogen-bond donors (Lipinski definition) is 1. The zero-order chi connectivity index (χ0) is 10.0. The molecule has 70 valence electrons. The van der Waals surface area contributed by atoms with Crippen molar-refractivity contribution in [3.8, 4) is 0 Å². The molecule has 0 radical (unpaired) electrons. The second-order valence-corrected chi connectivity index (χ2v) is 2.97. The highest BCUT2D eigenvalue weighted by molar-refractivity contribution is 5.48. The summed E-state index contributed by atoms with van der Waals surface area (Å²) in [6.45, 7) is 3.98. The van der Waals surface area contributed by atoms with Crippen molar-refractivity contribution in [1.29, 1.82) is 0 Å². The molecule has 4 nitrogen and oxygen atoms in total. The predicted molar refractivity (Wildman–Crippen MR) is 50.5 cm³/mol. The first-order chi connectivity index (χ1) is 6.07. The number of nitrogens with two attached hydrogens (primary N) is 1. The zero-order valence-corrected chi connectivity index (χ0v) is 7.70. The molecule has 0 amide bonds. The highest BCUT2D eigenvalue weighted by Crippen LogP contribution is 2.23. The van der Waals surface area contributed by atoms with Crippen molar-refractivity contribution in [2.24, 2.45) is 5.73 Å². The van der Waals surface area contributed by atoms with E-state index in [1.54, 1.807) is 13.0 Å². The minimum absolute atomic E-state index is 0.144. The number of nitrogens with zero attached hydrogens (tertiary/aromatic N) is 1. The van der Waals surface area contributed by atoms with Crippen molar-refractivity contribution in [3.63, 3.8) is 0 Å². The van der Waals surface area contributed by atoms with Gasteiger partial charge in [0.1, 0.15) is 0 Å². The van der Waals surface area contributed by atoms with Gasteiger partial charge < -0.3 is 5.73 Å². The number of rotatable bonds is 2. The molecule has 2 N–H and O–H groups in total. The molecule has 0 spiro atoms. The molecule has 0 bridgehead atoms. The Hall–Kier alpha value is -1.42. The summed E-state index contributed by atoms with van der Waals surface area (Å²) < 4.78 is 0. The first kappa shape index (κ1) is 9.67. The maximum atomic E-state index is 10.6. The average Bonchev–Trinajstić information content (AvgIpc) is 2.04. The fourth-order valence-corrected chi connectivity index (χ4v) is 1.39. The fourth-order valence-electron chi connectivity index (χ4n) is 1.39. The van der Waals surface area contributed by atoms with Crippen molar-refractivity contribution in [3.05, 3.63) is 38.9 Å². The molecule has 0 saturated heterocycles. The van der Waals surface area contributed by atoms with Gasteiger partial charge in [-0.15, -0.1) is 0 Å². The van der Waals surface area contributed by atoms with Gasteiger partial charge in [-0.25, -0.2) is 0 Å². The molecule has 0 aliphatic heterocycles. The van der Waals surface area contributed by atoms with E-state index in [9.17, 15) is 10.1 Å². The zero-order valence-electron chi connectivity index (χ0n) is 7.70. The summed E-state index contributed by atoms with van der Waals surface area (Å²) in [5.74, 6) is 0. The Labute approximate surface area is 76.5 Å². The van der Waals surface area contributed by atoms with Gasteiger partial charge in [0, 0.05) is 18.2 Å². The molecule has 1 rings (SSSR count). The van der Waals surface area contributed by atoms with E-state index in [1.807, 2.05) is 6.92 Å². The van der Waals surface area contributed by atoms with Crippen LogP contribution >= 0.6 is 0 Å². The minimum Gasteiger partial charge on any atom is -0.326 e. The Morgan fingerprint density at radius 2 is 2.08 bits per heavy atom. The molecule has 0 atom stereocenters. The predicted octanol–water partition coefficient (Wildman–Crippen LogP) is 1.67. The second kappa shape index (κ2) is 3.53. The van der Waals surface area contributed by atoms with Crippen LogP contribution in [0, 0.1) is 24.0 Å². The fraction of sp³-hybridized carbons (Fsp3) is 0.333. The molecule has 0 aliphatic carbocycles. The molecule has 1 aromatic rings. The Balaban J connectivity index is 3.35. The highest BCUT2D eigenvalue weighted by Gasteiger charge is 2.13. The van der Waals surface area contributed by atoms with E-state index in [0.29, 0.717) is 12.1 Å². The molecule has 0 unspecified atom stereocenters. The van der Waals surface area contributed by atoms with E-state index >= 15 is 0 Å². The van der Waals surface area contributed by atoms with Crippen LogP contribution < -0.4 is 5.73 Å². The number of nitro benzene ring substituents is 1. The maximum Gasteiger partial charge on any atom is 0.272 e. The first-order valence-corrected chi connectivity index (χ1v) is 4.01. The van der Waals surface area contributed by atoms with Crippen molar-refractivity contribution in [2.75, 3.05) is 0 Å². The summed E-state index contributed by atoms with van der Waals surface area (Å²) in [4.78, 5) is 10.2. The maximum absolute atomic E-state index is 10.6. The van der Waals surface area contributed by atoms with Crippen molar-refractivity contribution >= 4 is 5.69 Å². The monoisotopic (exact) mass is 180 g/mol. The SMILES string of the molecule is Cc1ccc([N+](=O)[O-])c(C)c1CN. The second-order valence-electron chi connectivity index (χ2n) is 2.97. The minimum atomic E-state index is -0.381. The summed E-state index contributed by atoms with van der Waals surface area (Å²) in [7, 11) is 0. The molecular formula is C9H12N2O2. The summed E-state index contributed by atoms with van der Waals surface area (Å²) in [6.07, 6.45) is 0. The van der Waals surface area contributed by atoms with E-state index in [1.165, 1.54) is 6.07 Å². The van der Waals surface area contributed by atoms with E-state index < -0.39 is 0 Å². The van der Waals surface area contributed by atoms with Gasteiger partial charge in [-0.1, -0.05) is 6.07 Å². The quantitative estimate of drug-likeness (QED) is 0.556. The molecule has 0 aromatic heterocycles. The number of hydrogen-bond acceptors (Lipinski definition) is 3. The van der Waals surface area contributed by atoms with Crippen LogP contribution in [0.1, 0.15) is 16.7 Å². The Bertz CT molecular complexity index is 348. The van der Waals surface area contributed by atoms with Gasteiger partial charge in [-0.05, 0) is 25.0 Å². The Kier molecular flexibility index (Phi) is 2.63. The third kappa shape index (κ3) is 1.67. The summed E-state index contributed by atoms with van der Waals surface area (Å²) >= 11 is 0. The lowest BCUT2D eigenvalue weighted by atomic mass is 10.0. The number of aryl methyl sites for hydroxylation is 1. The smallest absolute Gasteiger partial charge is 0.272 e. The van der Waals surface area contributed by atoms with Gasteiger partial charge in [0.05, 0.1) is 4.92 Å². The van der Waals surface area contributed by atoms with E-state index in [2.05, 4.69) is 0 Å². The van der Waals surface area contributed by atoms with Gasteiger partial charge in [0.25, 0.3) is 5.69 Å². The van der Waals surface area contributed by atoms with Crippen LogP contribution in [-0.2, 0) is 6.54 Å². The summed E-state index contributed by atoms with van der Waals surface area (Å²) in [5.41, 5.74) is 8.19. The number of benzene rings is 1. The lowest BCUT2D eigenvalue weighted by Crippen LogP contribution is -2.04. The van der Waals surface area contributed by atoms with E-state index in [4.69, 9.17) is 5.73 Å². The number of nitro groups is 1. The van der Waals surface area contributed by atoms with Crippen LogP contribution in [0.25, 0.3) is 0 Å². The van der Waals surface area contributed by atoms with Gasteiger partial charge in [0.2, 0.25) is 0 Å². The van der Waals surface area contributed by atoms with Crippen LogP contribution in [0.4, 0.5) is 5.69 Å². The lowest BCUT2D eigenvalue weighted by Gasteiger charge is -2.06. The third-order valence-corrected chi connectivity index (χ3v) is 2.20. The highest BCUT2D eigenvalue weighted by atomic mass is 16.6. The van der Waals surface area contributed by atoms with Crippen molar-refractivity contribution in [1.82, 2.24) is 0 Å². The van der Waals surface area contributed by atoms with E-state index in [-0.39, 0.29) is 10.6 Å². The Morgan fingerprint density at radius 1 is 1.46 bits per heavy atom. The summed E-state index contributed by atoms with van der Waals surface area (Å²) in [5, 5.41) is 10.6. The van der Waals surface area contributed by atoms with Gasteiger partial charge >= 0.3 is 0 Å². The van der Waals surface area contributed by atoms with Crippen LogP contribution in [0.3, 0.4) is 0 Å².